The van der Waals surface area contributed by atoms with Gasteiger partial charge < -0.3 is 14.6 Å². The maximum Gasteiger partial charge on any atom is 0.338 e. The maximum absolute atomic E-state index is 11.9. The molecule has 0 spiro atoms. The van der Waals surface area contributed by atoms with Gasteiger partial charge in [-0.1, -0.05) is 40.8 Å². The minimum absolute atomic E-state index is 0.234. The summed E-state index contributed by atoms with van der Waals surface area (Å²) in [5.41, 5.74) is 0.538. The summed E-state index contributed by atoms with van der Waals surface area (Å²) in [5.74, 6) is -0.338. The van der Waals surface area contributed by atoms with Gasteiger partial charge in [0.25, 0.3) is 0 Å². The summed E-state index contributed by atoms with van der Waals surface area (Å²) in [4.78, 5) is 11.9. The van der Waals surface area contributed by atoms with Gasteiger partial charge in [0.1, 0.15) is 12.2 Å². The van der Waals surface area contributed by atoms with Gasteiger partial charge in [-0.25, -0.2) is 4.79 Å². The SMILES string of the molecule is O=C(OC1CCC(O)OC1CI)c1ccccc1. The summed E-state index contributed by atoms with van der Waals surface area (Å²) in [6.07, 6.45) is -0.121. The molecule has 1 heterocycles. The summed E-state index contributed by atoms with van der Waals surface area (Å²) >= 11 is 2.17. The number of rotatable bonds is 3. The van der Waals surface area contributed by atoms with Crippen LogP contribution in [0, 0.1) is 0 Å². The molecule has 0 radical (unpaired) electrons. The van der Waals surface area contributed by atoms with Crippen molar-refractivity contribution < 1.29 is 19.4 Å². The maximum atomic E-state index is 11.9. The van der Waals surface area contributed by atoms with E-state index in [0.717, 1.165) is 0 Å². The van der Waals surface area contributed by atoms with Crippen molar-refractivity contribution in [2.24, 2.45) is 0 Å². The van der Waals surface area contributed by atoms with E-state index in [1.54, 1.807) is 24.3 Å². The molecular formula is C13H15IO4. The van der Waals surface area contributed by atoms with Crippen LogP contribution in [0.3, 0.4) is 0 Å². The fraction of sp³-hybridized carbons (Fsp3) is 0.462. The third-order valence-corrected chi connectivity index (χ3v) is 3.73. The van der Waals surface area contributed by atoms with E-state index in [9.17, 15) is 9.90 Å². The summed E-state index contributed by atoms with van der Waals surface area (Å²) in [7, 11) is 0. The number of carbonyl (C=O) groups excluding carboxylic acids is 1. The van der Waals surface area contributed by atoms with Crippen LogP contribution >= 0.6 is 22.6 Å². The lowest BCUT2D eigenvalue weighted by Crippen LogP contribution is -2.42. The van der Waals surface area contributed by atoms with Gasteiger partial charge in [-0.05, 0) is 18.6 Å². The van der Waals surface area contributed by atoms with Gasteiger partial charge in [-0.3, -0.25) is 0 Å². The highest BCUT2D eigenvalue weighted by molar-refractivity contribution is 14.1. The molecule has 3 atom stereocenters. The van der Waals surface area contributed by atoms with Crippen LogP contribution in [0.5, 0.6) is 0 Å². The number of benzene rings is 1. The number of aliphatic hydroxyl groups excluding tert-OH is 1. The average molecular weight is 362 g/mol. The van der Waals surface area contributed by atoms with Crippen LogP contribution in [0.25, 0.3) is 0 Å². The van der Waals surface area contributed by atoms with Crippen LogP contribution in [-0.4, -0.2) is 34.0 Å². The number of esters is 1. The van der Waals surface area contributed by atoms with Gasteiger partial charge in [0.2, 0.25) is 0 Å². The predicted octanol–water partition coefficient (Wildman–Crippen LogP) is 2.14. The number of hydrogen-bond acceptors (Lipinski definition) is 4. The number of aliphatic hydroxyl groups is 1. The average Bonchev–Trinajstić information content (AvgIpc) is 2.41. The smallest absolute Gasteiger partial charge is 0.338 e. The monoisotopic (exact) mass is 362 g/mol. The normalized spacial score (nSPS) is 27.8. The molecule has 18 heavy (non-hydrogen) atoms. The molecule has 3 unspecified atom stereocenters. The van der Waals surface area contributed by atoms with Crippen molar-refractivity contribution in [1.82, 2.24) is 0 Å². The molecule has 5 heteroatoms. The summed E-state index contributed by atoms with van der Waals surface area (Å²) in [5, 5.41) is 9.41. The Labute approximate surface area is 119 Å². The van der Waals surface area contributed by atoms with Crippen LogP contribution < -0.4 is 0 Å². The van der Waals surface area contributed by atoms with Crippen LogP contribution in [0.4, 0.5) is 0 Å². The zero-order valence-electron chi connectivity index (χ0n) is 9.79. The van der Waals surface area contributed by atoms with Crippen molar-refractivity contribution >= 4 is 28.6 Å². The first-order valence-corrected chi connectivity index (χ1v) is 7.39. The van der Waals surface area contributed by atoms with E-state index in [-0.39, 0.29) is 18.2 Å². The Morgan fingerprint density at radius 3 is 2.78 bits per heavy atom. The van der Waals surface area contributed by atoms with Crippen LogP contribution in [0.2, 0.25) is 0 Å². The zero-order valence-corrected chi connectivity index (χ0v) is 11.9. The lowest BCUT2D eigenvalue weighted by atomic mass is 10.1. The first-order chi connectivity index (χ1) is 8.70. The number of carbonyl (C=O) groups is 1. The van der Waals surface area contributed by atoms with Crippen molar-refractivity contribution in [3.8, 4) is 0 Å². The topological polar surface area (TPSA) is 55.8 Å². The highest BCUT2D eigenvalue weighted by Gasteiger charge is 2.32. The lowest BCUT2D eigenvalue weighted by molar-refractivity contribution is -0.190. The Hall–Kier alpha value is -0.660. The van der Waals surface area contributed by atoms with Crippen molar-refractivity contribution in [2.45, 2.75) is 31.3 Å². The summed E-state index contributed by atoms with van der Waals surface area (Å²) in [6.45, 7) is 0. The first-order valence-electron chi connectivity index (χ1n) is 5.86. The van der Waals surface area contributed by atoms with Crippen LogP contribution in [0.1, 0.15) is 23.2 Å². The van der Waals surface area contributed by atoms with E-state index in [1.807, 2.05) is 6.07 Å². The molecule has 0 amide bonds. The lowest BCUT2D eigenvalue weighted by Gasteiger charge is -2.32. The molecule has 1 aromatic rings. The second kappa shape index (κ2) is 6.49. The van der Waals surface area contributed by atoms with Gasteiger partial charge in [0.05, 0.1) is 5.56 Å². The van der Waals surface area contributed by atoms with Gasteiger partial charge in [-0.15, -0.1) is 0 Å². The second-order valence-corrected chi connectivity index (χ2v) is 5.05. The Morgan fingerprint density at radius 2 is 2.11 bits per heavy atom. The van der Waals surface area contributed by atoms with Crippen molar-refractivity contribution in [2.75, 3.05) is 4.43 Å². The number of alkyl halides is 1. The van der Waals surface area contributed by atoms with E-state index < -0.39 is 6.29 Å². The quantitative estimate of drug-likeness (QED) is 0.509. The Kier molecular flexibility index (Phi) is 4.96. The molecule has 1 N–H and O–H groups in total. The largest absolute Gasteiger partial charge is 0.456 e. The zero-order chi connectivity index (χ0) is 13.0. The fourth-order valence-corrected chi connectivity index (χ4v) is 2.68. The summed E-state index contributed by atoms with van der Waals surface area (Å²) < 4.78 is 11.5. The molecule has 1 aromatic carbocycles. The molecule has 2 rings (SSSR count). The molecule has 98 valence electrons. The number of ether oxygens (including phenoxy) is 2. The third-order valence-electron chi connectivity index (χ3n) is 2.86. The van der Waals surface area contributed by atoms with Crippen LogP contribution in [-0.2, 0) is 9.47 Å². The van der Waals surface area contributed by atoms with E-state index >= 15 is 0 Å². The minimum Gasteiger partial charge on any atom is -0.456 e. The van der Waals surface area contributed by atoms with E-state index in [1.165, 1.54) is 0 Å². The second-order valence-electron chi connectivity index (χ2n) is 4.17. The van der Waals surface area contributed by atoms with Gasteiger partial charge in [0, 0.05) is 10.8 Å². The Morgan fingerprint density at radius 1 is 1.39 bits per heavy atom. The van der Waals surface area contributed by atoms with Gasteiger partial charge in [0.15, 0.2) is 6.29 Å². The van der Waals surface area contributed by atoms with Crippen molar-refractivity contribution in [3.63, 3.8) is 0 Å². The van der Waals surface area contributed by atoms with Crippen molar-refractivity contribution in [1.29, 1.82) is 0 Å². The fourth-order valence-electron chi connectivity index (χ4n) is 1.90. The molecule has 0 saturated carbocycles. The Bertz CT molecular complexity index is 395. The van der Waals surface area contributed by atoms with E-state index in [2.05, 4.69) is 22.6 Å². The molecule has 1 aliphatic rings. The molecule has 1 saturated heterocycles. The summed E-state index contributed by atoms with van der Waals surface area (Å²) in [6, 6.07) is 8.89. The van der Waals surface area contributed by atoms with Crippen LogP contribution in [0.15, 0.2) is 30.3 Å². The van der Waals surface area contributed by atoms with E-state index in [0.29, 0.717) is 22.8 Å². The minimum atomic E-state index is -0.739. The number of halogens is 1. The molecule has 1 fully saturated rings. The van der Waals surface area contributed by atoms with Gasteiger partial charge >= 0.3 is 5.97 Å². The molecular weight excluding hydrogens is 347 g/mol. The molecule has 0 bridgehead atoms. The highest BCUT2D eigenvalue weighted by Crippen LogP contribution is 2.23. The molecule has 0 aromatic heterocycles. The Balaban J connectivity index is 1.98. The molecule has 4 nitrogen and oxygen atoms in total. The predicted molar refractivity (Wildman–Crippen MR) is 74.6 cm³/mol. The molecule has 1 aliphatic heterocycles. The standard InChI is InChI=1S/C13H15IO4/c14-8-11-10(6-7-12(15)17-11)18-13(16)9-4-2-1-3-5-9/h1-5,10-12,15H,6-8H2. The highest BCUT2D eigenvalue weighted by atomic mass is 127. The number of hydrogen-bond donors (Lipinski definition) is 1. The third kappa shape index (κ3) is 3.43. The van der Waals surface area contributed by atoms with E-state index in [4.69, 9.17) is 9.47 Å². The van der Waals surface area contributed by atoms with Crippen molar-refractivity contribution in [3.05, 3.63) is 35.9 Å². The first kappa shape index (κ1) is 13.8. The molecule has 0 aliphatic carbocycles. The van der Waals surface area contributed by atoms with Gasteiger partial charge in [-0.2, -0.15) is 0 Å².